The summed E-state index contributed by atoms with van der Waals surface area (Å²) in [5.74, 6) is -0.356. The molecule has 2 aromatic carbocycles. The lowest BCUT2D eigenvalue weighted by molar-refractivity contribution is -0.135. The van der Waals surface area contributed by atoms with Crippen molar-refractivity contribution in [2.24, 2.45) is 0 Å². The average molecular weight is 307 g/mol. The fraction of sp³-hybridized carbons (Fsp3) is 0.222. The van der Waals surface area contributed by atoms with Crippen LogP contribution in [0.4, 0.5) is 5.69 Å². The van der Waals surface area contributed by atoms with Crippen LogP contribution in [0.1, 0.15) is 17.5 Å². The van der Waals surface area contributed by atoms with Gasteiger partial charge >= 0.3 is 0 Å². The maximum Gasteiger partial charge on any atom is 0.256 e. The SMILES string of the molecule is O=C(Nc1ccc2nc[nH]c2c1)[C@]1(O)CCc2ccccc2C1. The Balaban J connectivity index is 1.56. The number of nitrogens with zero attached hydrogens (tertiary/aromatic N) is 1. The van der Waals surface area contributed by atoms with E-state index >= 15 is 0 Å². The van der Waals surface area contributed by atoms with E-state index in [1.165, 1.54) is 5.56 Å². The summed E-state index contributed by atoms with van der Waals surface area (Å²) in [6.45, 7) is 0. The van der Waals surface area contributed by atoms with Crippen molar-refractivity contribution in [3.8, 4) is 0 Å². The summed E-state index contributed by atoms with van der Waals surface area (Å²) in [4.78, 5) is 19.7. The Bertz CT molecular complexity index is 887. The predicted octanol–water partition coefficient (Wildman–Crippen LogP) is 2.42. The van der Waals surface area contributed by atoms with Crippen molar-refractivity contribution in [1.82, 2.24) is 9.97 Å². The summed E-state index contributed by atoms with van der Waals surface area (Å²) in [5, 5.41) is 13.6. The topological polar surface area (TPSA) is 78.0 Å². The zero-order valence-electron chi connectivity index (χ0n) is 12.5. The minimum Gasteiger partial charge on any atom is -0.380 e. The number of amides is 1. The molecule has 0 spiro atoms. The van der Waals surface area contributed by atoms with Gasteiger partial charge < -0.3 is 15.4 Å². The molecule has 5 nitrogen and oxygen atoms in total. The smallest absolute Gasteiger partial charge is 0.256 e. The van der Waals surface area contributed by atoms with Gasteiger partial charge in [-0.15, -0.1) is 0 Å². The summed E-state index contributed by atoms with van der Waals surface area (Å²) in [6.07, 6.45) is 3.10. The van der Waals surface area contributed by atoms with Crippen LogP contribution in [0.25, 0.3) is 11.0 Å². The van der Waals surface area contributed by atoms with Crippen molar-refractivity contribution in [2.75, 3.05) is 5.32 Å². The van der Waals surface area contributed by atoms with E-state index in [9.17, 15) is 9.90 Å². The van der Waals surface area contributed by atoms with Gasteiger partial charge in [-0.1, -0.05) is 24.3 Å². The number of carbonyl (C=O) groups is 1. The third kappa shape index (κ3) is 2.49. The van der Waals surface area contributed by atoms with Crippen LogP contribution < -0.4 is 5.32 Å². The number of imidazole rings is 1. The predicted molar refractivity (Wildman–Crippen MR) is 88.1 cm³/mol. The Morgan fingerprint density at radius 3 is 2.91 bits per heavy atom. The van der Waals surface area contributed by atoms with Gasteiger partial charge in [0.25, 0.3) is 5.91 Å². The highest BCUT2D eigenvalue weighted by atomic mass is 16.3. The van der Waals surface area contributed by atoms with Crippen LogP contribution in [-0.4, -0.2) is 26.6 Å². The minimum atomic E-state index is -1.36. The van der Waals surface area contributed by atoms with Crippen molar-refractivity contribution in [3.63, 3.8) is 0 Å². The van der Waals surface area contributed by atoms with Gasteiger partial charge in [0.2, 0.25) is 0 Å². The molecule has 3 N–H and O–H groups in total. The highest BCUT2D eigenvalue weighted by molar-refractivity contribution is 5.98. The molecule has 0 radical (unpaired) electrons. The molecule has 0 saturated carbocycles. The Morgan fingerprint density at radius 1 is 1.22 bits per heavy atom. The van der Waals surface area contributed by atoms with Gasteiger partial charge in [0.15, 0.2) is 0 Å². The number of aliphatic hydroxyl groups is 1. The van der Waals surface area contributed by atoms with Gasteiger partial charge in [0.1, 0.15) is 5.60 Å². The van der Waals surface area contributed by atoms with E-state index in [1.54, 1.807) is 12.4 Å². The fourth-order valence-corrected chi connectivity index (χ4v) is 3.17. The van der Waals surface area contributed by atoms with E-state index in [1.807, 2.05) is 30.3 Å². The number of anilines is 1. The lowest BCUT2D eigenvalue weighted by atomic mass is 9.80. The fourth-order valence-electron chi connectivity index (χ4n) is 3.17. The minimum absolute atomic E-state index is 0.349. The first-order chi connectivity index (χ1) is 11.1. The van der Waals surface area contributed by atoms with Crippen LogP contribution in [0.3, 0.4) is 0 Å². The van der Waals surface area contributed by atoms with E-state index in [4.69, 9.17) is 0 Å². The Labute approximate surface area is 133 Å². The summed E-state index contributed by atoms with van der Waals surface area (Å²) in [5.41, 5.74) is 3.23. The second-order valence-corrected chi connectivity index (χ2v) is 6.07. The zero-order valence-corrected chi connectivity index (χ0v) is 12.5. The summed E-state index contributed by atoms with van der Waals surface area (Å²) in [7, 11) is 0. The Morgan fingerprint density at radius 2 is 2.04 bits per heavy atom. The second-order valence-electron chi connectivity index (χ2n) is 6.07. The maximum absolute atomic E-state index is 12.6. The third-order valence-corrected chi connectivity index (χ3v) is 4.51. The number of H-pyrrole nitrogens is 1. The zero-order chi connectivity index (χ0) is 15.9. The first-order valence-electron chi connectivity index (χ1n) is 7.68. The Kier molecular flexibility index (Phi) is 3.16. The summed E-state index contributed by atoms with van der Waals surface area (Å²) in [6, 6.07) is 13.4. The van der Waals surface area contributed by atoms with E-state index in [2.05, 4.69) is 21.4 Å². The van der Waals surface area contributed by atoms with Gasteiger partial charge in [-0.25, -0.2) is 4.98 Å². The van der Waals surface area contributed by atoms with Gasteiger partial charge in [-0.3, -0.25) is 4.79 Å². The van der Waals surface area contributed by atoms with Crippen LogP contribution >= 0.6 is 0 Å². The summed E-state index contributed by atoms with van der Waals surface area (Å²) >= 11 is 0. The van der Waals surface area contributed by atoms with Crippen LogP contribution in [0.2, 0.25) is 0 Å². The highest BCUT2D eigenvalue weighted by Gasteiger charge is 2.39. The van der Waals surface area contributed by atoms with Crippen LogP contribution in [-0.2, 0) is 17.6 Å². The van der Waals surface area contributed by atoms with E-state index in [-0.39, 0.29) is 5.91 Å². The molecule has 0 unspecified atom stereocenters. The number of rotatable bonds is 2. The number of fused-ring (bicyclic) bond motifs is 2. The van der Waals surface area contributed by atoms with Crippen LogP contribution in [0.5, 0.6) is 0 Å². The standard InChI is InChI=1S/C18H17N3O2/c22-17(21-14-5-6-15-16(9-14)20-11-19-15)18(23)8-7-12-3-1-2-4-13(12)10-18/h1-6,9,11,23H,7-8,10H2,(H,19,20)(H,21,22)/t18-/m0/s1. The molecule has 0 bridgehead atoms. The molecule has 1 aromatic heterocycles. The molecule has 1 heterocycles. The molecule has 1 amide bonds. The molecule has 23 heavy (non-hydrogen) atoms. The number of aromatic nitrogens is 2. The number of benzene rings is 2. The number of aryl methyl sites for hydroxylation is 1. The molecular formula is C18H17N3O2. The largest absolute Gasteiger partial charge is 0.380 e. The molecule has 1 atom stereocenters. The van der Waals surface area contributed by atoms with Gasteiger partial charge in [-0.05, 0) is 42.2 Å². The summed E-state index contributed by atoms with van der Waals surface area (Å²) < 4.78 is 0. The van der Waals surface area contributed by atoms with Gasteiger partial charge in [0, 0.05) is 12.1 Å². The normalized spacial score (nSPS) is 20.2. The number of hydrogen-bond acceptors (Lipinski definition) is 3. The van der Waals surface area contributed by atoms with Gasteiger partial charge in [0.05, 0.1) is 17.4 Å². The first-order valence-corrected chi connectivity index (χ1v) is 7.68. The molecule has 116 valence electrons. The lowest BCUT2D eigenvalue weighted by Gasteiger charge is -2.32. The van der Waals surface area contributed by atoms with Crippen LogP contribution in [0.15, 0.2) is 48.8 Å². The molecule has 0 fully saturated rings. The quantitative estimate of drug-likeness (QED) is 0.680. The van der Waals surface area contributed by atoms with E-state index in [0.29, 0.717) is 24.9 Å². The first kappa shape index (κ1) is 14.0. The molecule has 4 rings (SSSR count). The average Bonchev–Trinajstić information content (AvgIpc) is 3.02. The second kappa shape index (κ2) is 5.21. The van der Waals surface area contributed by atoms with Crippen molar-refractivity contribution < 1.29 is 9.90 Å². The molecule has 1 aliphatic rings. The van der Waals surface area contributed by atoms with Crippen molar-refractivity contribution >= 4 is 22.6 Å². The highest BCUT2D eigenvalue weighted by Crippen LogP contribution is 2.30. The van der Waals surface area contributed by atoms with Crippen molar-refractivity contribution in [3.05, 3.63) is 59.9 Å². The lowest BCUT2D eigenvalue weighted by Crippen LogP contribution is -2.47. The molecule has 1 aliphatic carbocycles. The maximum atomic E-state index is 12.6. The number of hydrogen-bond donors (Lipinski definition) is 3. The molecular weight excluding hydrogens is 290 g/mol. The Hall–Kier alpha value is -2.66. The molecule has 5 heteroatoms. The van der Waals surface area contributed by atoms with Gasteiger partial charge in [-0.2, -0.15) is 0 Å². The van der Waals surface area contributed by atoms with Crippen molar-refractivity contribution in [1.29, 1.82) is 0 Å². The number of carbonyl (C=O) groups excluding carboxylic acids is 1. The molecule has 0 aliphatic heterocycles. The monoisotopic (exact) mass is 307 g/mol. The van der Waals surface area contributed by atoms with Crippen molar-refractivity contribution in [2.45, 2.75) is 24.9 Å². The number of aromatic amines is 1. The van der Waals surface area contributed by atoms with Crippen LogP contribution in [0, 0.1) is 0 Å². The van der Waals surface area contributed by atoms with E-state index < -0.39 is 5.60 Å². The number of nitrogens with one attached hydrogen (secondary N) is 2. The molecule has 3 aromatic rings. The molecule has 0 saturated heterocycles. The third-order valence-electron chi connectivity index (χ3n) is 4.51. The van der Waals surface area contributed by atoms with E-state index in [0.717, 1.165) is 16.6 Å².